The van der Waals surface area contributed by atoms with E-state index in [2.05, 4.69) is 16.6 Å². The van der Waals surface area contributed by atoms with E-state index in [-0.39, 0.29) is 23.7 Å². The minimum atomic E-state index is -0.728. The van der Waals surface area contributed by atoms with Crippen LogP contribution in [0.1, 0.15) is 61.9 Å². The normalized spacial score (nSPS) is 22.1. The van der Waals surface area contributed by atoms with Crippen LogP contribution in [0.3, 0.4) is 0 Å². The van der Waals surface area contributed by atoms with Gasteiger partial charge in [0.1, 0.15) is 24.6 Å². The van der Waals surface area contributed by atoms with E-state index < -0.39 is 11.6 Å². The van der Waals surface area contributed by atoms with Crippen LogP contribution in [0.15, 0.2) is 52.9 Å². The Balaban J connectivity index is 1.36. The second-order valence-electron chi connectivity index (χ2n) is 10.8. The van der Waals surface area contributed by atoms with Crippen molar-refractivity contribution in [2.24, 2.45) is 18.0 Å². The third-order valence-corrected chi connectivity index (χ3v) is 8.06. The van der Waals surface area contributed by atoms with Gasteiger partial charge in [-0.2, -0.15) is 0 Å². The lowest BCUT2D eigenvalue weighted by atomic mass is 9.76. The number of hydrogen-bond donors (Lipinski definition) is 1. The largest absolute Gasteiger partial charge is 0.512 e. The van der Waals surface area contributed by atoms with Crippen molar-refractivity contribution in [3.63, 3.8) is 0 Å². The van der Waals surface area contributed by atoms with Crippen LogP contribution in [0.5, 0.6) is 11.5 Å². The second-order valence-corrected chi connectivity index (χ2v) is 10.8. The summed E-state index contributed by atoms with van der Waals surface area (Å²) >= 11 is 0. The molecule has 1 saturated carbocycles. The number of fused-ring (bicyclic) bond motifs is 1. The Bertz CT molecular complexity index is 1350. The maximum atomic E-state index is 13.4. The first-order valence-electron chi connectivity index (χ1n) is 13.5. The first-order valence-corrected chi connectivity index (χ1v) is 13.5. The zero-order valence-corrected chi connectivity index (χ0v) is 22.6. The number of cyclic esters (lactones) is 1. The zero-order valence-electron chi connectivity index (χ0n) is 22.6. The summed E-state index contributed by atoms with van der Waals surface area (Å²) in [6, 6.07) is 7.96. The number of esters is 1. The molecule has 0 amide bonds. The zero-order chi connectivity index (χ0) is 26.9. The number of carbonyl (C=O) groups excluding carboxylic acids is 1. The molecule has 202 valence electrons. The number of aryl methyl sites for hydroxylation is 3. The Kier molecular flexibility index (Phi) is 7.32. The van der Waals surface area contributed by atoms with E-state index in [0.717, 1.165) is 54.1 Å². The average Bonchev–Trinajstić information content (AvgIpc) is 3.44. The van der Waals surface area contributed by atoms with Crippen LogP contribution in [0.25, 0.3) is 0 Å². The highest BCUT2D eigenvalue weighted by Gasteiger charge is 2.48. The molecule has 3 aliphatic rings. The second kappa shape index (κ2) is 10.7. The molecular formula is C30H37N3O5. The molecule has 1 aromatic carbocycles. The third kappa shape index (κ3) is 5.35. The number of ether oxygens (including phenoxy) is 3. The summed E-state index contributed by atoms with van der Waals surface area (Å²) in [5.74, 6) is 1.35. The lowest BCUT2D eigenvalue weighted by Gasteiger charge is -2.42. The van der Waals surface area contributed by atoms with Gasteiger partial charge in [0.25, 0.3) is 0 Å². The molecule has 8 nitrogen and oxygen atoms in total. The predicted octanol–water partition coefficient (Wildman–Crippen LogP) is 4.93. The number of nitrogens with zero attached hydrogens (tertiary/aromatic N) is 3. The molecule has 1 aromatic heterocycles. The van der Waals surface area contributed by atoms with Crippen molar-refractivity contribution >= 4 is 5.97 Å². The van der Waals surface area contributed by atoms with Gasteiger partial charge in [0.05, 0.1) is 5.57 Å². The number of hydrogen-bond acceptors (Lipinski definition) is 7. The van der Waals surface area contributed by atoms with Crippen LogP contribution >= 0.6 is 0 Å². The number of rotatable bonds is 7. The molecule has 0 radical (unpaired) electrons. The maximum absolute atomic E-state index is 13.4. The molecule has 1 unspecified atom stereocenters. The highest BCUT2D eigenvalue weighted by molar-refractivity contribution is 5.90. The van der Waals surface area contributed by atoms with Crippen LogP contribution in [-0.2, 0) is 23.0 Å². The Morgan fingerprint density at radius 2 is 1.92 bits per heavy atom. The van der Waals surface area contributed by atoms with Gasteiger partial charge < -0.3 is 23.9 Å². The van der Waals surface area contributed by atoms with Crippen molar-refractivity contribution in [3.8, 4) is 11.5 Å². The summed E-state index contributed by atoms with van der Waals surface area (Å²) in [5, 5.41) is 11.2. The van der Waals surface area contributed by atoms with Gasteiger partial charge in [-0.25, -0.2) is 14.8 Å². The van der Waals surface area contributed by atoms with Crippen LogP contribution in [0, 0.1) is 19.8 Å². The molecule has 1 atom stereocenters. The number of aromatic nitrogens is 2. The van der Waals surface area contributed by atoms with E-state index in [1.54, 1.807) is 0 Å². The molecule has 38 heavy (non-hydrogen) atoms. The lowest BCUT2D eigenvalue weighted by molar-refractivity contribution is -0.167. The fourth-order valence-corrected chi connectivity index (χ4v) is 5.89. The fraction of sp³-hybridized carbons (Fsp3) is 0.500. The fourth-order valence-electron chi connectivity index (χ4n) is 5.89. The Hall–Kier alpha value is -3.55. The van der Waals surface area contributed by atoms with E-state index in [1.807, 2.05) is 49.7 Å². The van der Waals surface area contributed by atoms with Crippen LogP contribution < -0.4 is 15.1 Å². The average molecular weight is 520 g/mol. The SMILES string of the molecule is C=C(CC1=C(O)CC(CCc2ccc3c(c2)OCCO3)(C2CCCC2)OC1=O)N=c1nc(C)cc(C)n1C. The Labute approximate surface area is 223 Å². The number of aliphatic hydroxyl groups excluding tert-OH is 1. The van der Waals surface area contributed by atoms with E-state index in [1.165, 1.54) is 0 Å². The van der Waals surface area contributed by atoms with Gasteiger partial charge >= 0.3 is 5.97 Å². The molecule has 0 spiro atoms. The molecule has 1 N–H and O–H groups in total. The van der Waals surface area contributed by atoms with Crippen molar-refractivity contribution in [3.05, 3.63) is 70.4 Å². The van der Waals surface area contributed by atoms with Crippen molar-refractivity contribution in [1.29, 1.82) is 0 Å². The van der Waals surface area contributed by atoms with Gasteiger partial charge in [0.15, 0.2) is 11.5 Å². The quantitative estimate of drug-likeness (QED) is 0.521. The first kappa shape index (κ1) is 26.1. The van der Waals surface area contributed by atoms with Gasteiger partial charge in [0, 0.05) is 37.0 Å². The monoisotopic (exact) mass is 519 g/mol. The summed E-state index contributed by atoms with van der Waals surface area (Å²) in [7, 11) is 1.89. The van der Waals surface area contributed by atoms with Crippen molar-refractivity contribution in [1.82, 2.24) is 9.55 Å². The Morgan fingerprint density at radius 3 is 2.66 bits per heavy atom. The predicted molar refractivity (Wildman–Crippen MR) is 143 cm³/mol. The highest BCUT2D eigenvalue weighted by atomic mass is 16.6. The van der Waals surface area contributed by atoms with E-state index in [9.17, 15) is 9.90 Å². The number of carbonyl (C=O) groups is 1. The summed E-state index contributed by atoms with van der Waals surface area (Å²) < 4.78 is 19.5. The molecular weight excluding hydrogens is 482 g/mol. The number of benzene rings is 1. The van der Waals surface area contributed by atoms with Gasteiger partial charge in [0.2, 0.25) is 5.62 Å². The summed E-state index contributed by atoms with van der Waals surface area (Å²) in [6.45, 7) is 9.03. The molecule has 8 heteroatoms. The molecule has 3 heterocycles. The highest BCUT2D eigenvalue weighted by Crippen LogP contribution is 2.46. The molecule has 1 fully saturated rings. The first-order chi connectivity index (χ1) is 18.2. The topological polar surface area (TPSA) is 95.2 Å². The maximum Gasteiger partial charge on any atom is 0.338 e. The van der Waals surface area contributed by atoms with Crippen molar-refractivity contribution < 1.29 is 24.1 Å². The third-order valence-electron chi connectivity index (χ3n) is 8.06. The van der Waals surface area contributed by atoms with Gasteiger partial charge in [-0.15, -0.1) is 0 Å². The molecule has 2 aromatic rings. The van der Waals surface area contributed by atoms with E-state index >= 15 is 0 Å². The van der Waals surface area contributed by atoms with E-state index in [0.29, 0.717) is 43.8 Å². The van der Waals surface area contributed by atoms with Gasteiger partial charge in [-0.3, -0.25) is 0 Å². The molecule has 1 aliphatic carbocycles. The van der Waals surface area contributed by atoms with Gasteiger partial charge in [-0.1, -0.05) is 25.5 Å². The summed E-state index contributed by atoms with van der Waals surface area (Å²) in [6.07, 6.45) is 5.98. The number of aliphatic hydroxyl groups is 1. The minimum absolute atomic E-state index is 0.0874. The summed E-state index contributed by atoms with van der Waals surface area (Å²) in [5.41, 5.74) is 3.43. The summed E-state index contributed by atoms with van der Waals surface area (Å²) in [4.78, 5) is 22.4. The van der Waals surface area contributed by atoms with Crippen LogP contribution in [-0.4, -0.2) is 39.4 Å². The van der Waals surface area contributed by atoms with E-state index in [4.69, 9.17) is 14.2 Å². The van der Waals surface area contributed by atoms with Crippen LogP contribution in [0.2, 0.25) is 0 Å². The van der Waals surface area contributed by atoms with Gasteiger partial charge in [-0.05, 0) is 69.2 Å². The van der Waals surface area contributed by atoms with Crippen molar-refractivity contribution in [2.45, 2.75) is 70.8 Å². The lowest BCUT2D eigenvalue weighted by Crippen LogP contribution is -2.46. The Morgan fingerprint density at radius 1 is 1.18 bits per heavy atom. The molecule has 2 aliphatic heterocycles. The van der Waals surface area contributed by atoms with Crippen LogP contribution in [0.4, 0.5) is 0 Å². The minimum Gasteiger partial charge on any atom is -0.512 e. The molecule has 5 rings (SSSR count). The number of allylic oxidation sites excluding steroid dienone is 1. The smallest absolute Gasteiger partial charge is 0.338 e. The molecule has 0 bridgehead atoms. The molecule has 0 saturated heterocycles. The van der Waals surface area contributed by atoms with Crippen molar-refractivity contribution in [2.75, 3.05) is 13.2 Å². The standard InChI is InChI=1S/C30H37N3O5/c1-19-15-21(3)33(4)29(31-19)32-20(2)16-24-25(34)18-30(38-28(24)35,23-7-5-6-8-23)12-11-22-9-10-26-27(17-22)37-14-13-36-26/h9-10,15,17,23,34H,2,5-8,11-14,16,18H2,1,3-4H3.